The Morgan fingerprint density at radius 2 is 2.11 bits per heavy atom. The van der Waals surface area contributed by atoms with Crippen LogP contribution in [0.25, 0.3) is 0 Å². The summed E-state index contributed by atoms with van der Waals surface area (Å²) in [6, 6.07) is 3.01. The van der Waals surface area contributed by atoms with Gasteiger partial charge in [-0.1, -0.05) is 6.92 Å². The van der Waals surface area contributed by atoms with Gasteiger partial charge in [0.1, 0.15) is 12.1 Å². The van der Waals surface area contributed by atoms with Gasteiger partial charge in [0.15, 0.2) is 0 Å². The summed E-state index contributed by atoms with van der Waals surface area (Å²) in [6.45, 7) is 4.10. The fourth-order valence-electron chi connectivity index (χ4n) is 1.65. The van der Waals surface area contributed by atoms with E-state index in [9.17, 15) is 14.4 Å². The highest BCUT2D eigenvalue weighted by molar-refractivity contribution is 5.95. The lowest BCUT2D eigenvalue weighted by molar-refractivity contribution is -0.143. The third kappa shape index (κ3) is 4.24. The highest BCUT2D eigenvalue weighted by atomic mass is 16.5. The van der Waals surface area contributed by atoms with Crippen molar-refractivity contribution < 1.29 is 14.3 Å². The molecule has 0 unspecified atom stereocenters. The first kappa shape index (κ1) is 14.9. The molecule has 6 nitrogen and oxygen atoms in total. The molecule has 6 heteroatoms. The molecule has 19 heavy (non-hydrogen) atoms. The van der Waals surface area contributed by atoms with E-state index < -0.39 is 17.4 Å². The number of nitrogens with one attached hydrogen (secondary N) is 1. The van der Waals surface area contributed by atoms with Gasteiger partial charge in [-0.3, -0.25) is 14.4 Å². The first-order chi connectivity index (χ1) is 9.10. The van der Waals surface area contributed by atoms with E-state index in [0.29, 0.717) is 13.0 Å². The number of ether oxygens (including phenoxy) is 1. The van der Waals surface area contributed by atoms with Crippen LogP contribution < -0.4 is 5.56 Å². The molecule has 0 saturated heterocycles. The number of hydrogen-bond donors (Lipinski definition) is 1. The summed E-state index contributed by atoms with van der Waals surface area (Å²) in [5.41, 5.74) is -0.433. The fraction of sp³-hybridized carbons (Fsp3) is 0.462. The van der Waals surface area contributed by atoms with Crippen LogP contribution in [0.4, 0.5) is 0 Å². The summed E-state index contributed by atoms with van der Waals surface area (Å²) >= 11 is 0. The molecule has 0 aliphatic carbocycles. The van der Waals surface area contributed by atoms with E-state index in [4.69, 9.17) is 4.74 Å². The van der Waals surface area contributed by atoms with Gasteiger partial charge in [-0.25, -0.2) is 0 Å². The Labute approximate surface area is 111 Å². The molecule has 104 valence electrons. The highest BCUT2D eigenvalue weighted by Gasteiger charge is 2.20. The maximum Gasteiger partial charge on any atom is 0.325 e. The minimum absolute atomic E-state index is 0.0280. The standard InChI is InChI=1S/C13H18N2O4/c1-3-8-15(9-11(16)19-4-2)13(18)10-6-5-7-14-12(10)17/h5-7H,3-4,8-9H2,1-2H3,(H,14,17). The van der Waals surface area contributed by atoms with Crippen LogP contribution in [-0.2, 0) is 9.53 Å². The van der Waals surface area contributed by atoms with Crippen LogP contribution in [0.15, 0.2) is 23.1 Å². The second kappa shape index (κ2) is 7.35. The largest absolute Gasteiger partial charge is 0.465 e. The summed E-state index contributed by atoms with van der Waals surface area (Å²) in [4.78, 5) is 39.0. The van der Waals surface area contributed by atoms with Crippen molar-refractivity contribution in [3.05, 3.63) is 34.2 Å². The Balaban J connectivity index is 2.87. The van der Waals surface area contributed by atoms with Gasteiger partial charge in [-0.15, -0.1) is 0 Å². The zero-order valence-electron chi connectivity index (χ0n) is 11.1. The van der Waals surface area contributed by atoms with E-state index in [-0.39, 0.29) is 18.7 Å². The quantitative estimate of drug-likeness (QED) is 0.772. The van der Waals surface area contributed by atoms with Gasteiger partial charge in [0, 0.05) is 12.7 Å². The number of carbonyl (C=O) groups excluding carboxylic acids is 2. The lowest BCUT2D eigenvalue weighted by atomic mass is 10.2. The monoisotopic (exact) mass is 266 g/mol. The number of aromatic amines is 1. The minimum Gasteiger partial charge on any atom is -0.465 e. The smallest absolute Gasteiger partial charge is 0.325 e. The topological polar surface area (TPSA) is 79.5 Å². The molecule has 1 amide bonds. The van der Waals surface area contributed by atoms with Gasteiger partial charge in [-0.05, 0) is 25.5 Å². The normalized spacial score (nSPS) is 10.0. The van der Waals surface area contributed by atoms with Crippen molar-refractivity contribution in [1.82, 2.24) is 9.88 Å². The SMILES string of the molecule is CCCN(CC(=O)OCC)C(=O)c1ccc[nH]c1=O. The molecule has 1 N–H and O–H groups in total. The summed E-state index contributed by atoms with van der Waals surface area (Å²) in [7, 11) is 0. The van der Waals surface area contributed by atoms with Crippen LogP contribution in [0.1, 0.15) is 30.6 Å². The number of amides is 1. The zero-order chi connectivity index (χ0) is 14.3. The van der Waals surface area contributed by atoms with Gasteiger partial charge >= 0.3 is 5.97 Å². The van der Waals surface area contributed by atoms with Gasteiger partial charge < -0.3 is 14.6 Å². The van der Waals surface area contributed by atoms with Gasteiger partial charge in [0.05, 0.1) is 6.61 Å². The molecule has 1 aromatic heterocycles. The van der Waals surface area contributed by atoms with Crippen molar-refractivity contribution in [2.45, 2.75) is 20.3 Å². The van der Waals surface area contributed by atoms with E-state index in [1.54, 1.807) is 13.0 Å². The molecule has 0 aliphatic heterocycles. The fourth-order valence-corrected chi connectivity index (χ4v) is 1.65. The number of pyridine rings is 1. The van der Waals surface area contributed by atoms with Gasteiger partial charge in [0.2, 0.25) is 0 Å². The number of aromatic nitrogens is 1. The minimum atomic E-state index is -0.475. The molecule has 1 aromatic rings. The molecule has 0 radical (unpaired) electrons. The van der Waals surface area contributed by atoms with Gasteiger partial charge in [-0.2, -0.15) is 0 Å². The molecule has 1 heterocycles. The molecule has 0 aliphatic rings. The van der Waals surface area contributed by atoms with Crippen molar-refractivity contribution in [1.29, 1.82) is 0 Å². The van der Waals surface area contributed by atoms with Crippen molar-refractivity contribution in [3.63, 3.8) is 0 Å². The molecule has 0 atom stereocenters. The van der Waals surface area contributed by atoms with Crippen LogP contribution in [0.5, 0.6) is 0 Å². The Kier molecular flexibility index (Phi) is 5.78. The predicted molar refractivity (Wildman–Crippen MR) is 69.9 cm³/mol. The summed E-state index contributed by atoms with van der Waals surface area (Å²) < 4.78 is 4.82. The summed E-state index contributed by atoms with van der Waals surface area (Å²) in [5.74, 6) is -0.937. The Hall–Kier alpha value is -2.11. The van der Waals surface area contributed by atoms with Crippen LogP contribution in [-0.4, -0.2) is 41.5 Å². The molecule has 1 rings (SSSR count). The molecule has 0 saturated carbocycles. The van der Waals surface area contributed by atoms with Crippen LogP contribution in [0.3, 0.4) is 0 Å². The zero-order valence-corrected chi connectivity index (χ0v) is 11.1. The van der Waals surface area contributed by atoms with Crippen molar-refractivity contribution >= 4 is 11.9 Å². The van der Waals surface area contributed by atoms with Crippen LogP contribution in [0, 0.1) is 0 Å². The van der Waals surface area contributed by atoms with Crippen LogP contribution >= 0.6 is 0 Å². The average molecular weight is 266 g/mol. The second-order valence-electron chi connectivity index (χ2n) is 3.94. The van der Waals surface area contributed by atoms with Crippen molar-refractivity contribution in [2.75, 3.05) is 19.7 Å². The summed E-state index contributed by atoms with van der Waals surface area (Å²) in [5, 5.41) is 0. The number of esters is 1. The number of carbonyl (C=O) groups is 2. The molecular formula is C13H18N2O4. The predicted octanol–water partition coefficient (Wildman–Crippen LogP) is 0.790. The average Bonchev–Trinajstić information content (AvgIpc) is 2.38. The lowest BCUT2D eigenvalue weighted by Gasteiger charge is -2.20. The molecule has 0 spiro atoms. The third-order valence-electron chi connectivity index (χ3n) is 2.45. The highest BCUT2D eigenvalue weighted by Crippen LogP contribution is 2.01. The number of nitrogens with zero attached hydrogens (tertiary/aromatic N) is 1. The Bertz CT molecular complexity index is 495. The van der Waals surface area contributed by atoms with Gasteiger partial charge in [0.25, 0.3) is 11.5 Å². The first-order valence-electron chi connectivity index (χ1n) is 6.22. The maximum atomic E-state index is 12.2. The number of H-pyrrole nitrogens is 1. The number of rotatable bonds is 6. The van der Waals surface area contributed by atoms with E-state index in [1.165, 1.54) is 17.2 Å². The molecule has 0 fully saturated rings. The molecule has 0 aromatic carbocycles. The van der Waals surface area contributed by atoms with E-state index in [0.717, 1.165) is 0 Å². The Morgan fingerprint density at radius 3 is 2.68 bits per heavy atom. The Morgan fingerprint density at radius 1 is 1.37 bits per heavy atom. The lowest BCUT2D eigenvalue weighted by Crippen LogP contribution is -2.39. The van der Waals surface area contributed by atoms with E-state index in [2.05, 4.69) is 4.98 Å². The van der Waals surface area contributed by atoms with Crippen LogP contribution in [0.2, 0.25) is 0 Å². The van der Waals surface area contributed by atoms with E-state index >= 15 is 0 Å². The third-order valence-corrected chi connectivity index (χ3v) is 2.45. The second-order valence-corrected chi connectivity index (χ2v) is 3.94. The van der Waals surface area contributed by atoms with Crippen molar-refractivity contribution in [3.8, 4) is 0 Å². The maximum absolute atomic E-state index is 12.2. The molecule has 0 bridgehead atoms. The summed E-state index contributed by atoms with van der Waals surface area (Å²) in [6.07, 6.45) is 2.14. The van der Waals surface area contributed by atoms with E-state index in [1.807, 2.05) is 6.92 Å². The van der Waals surface area contributed by atoms with Crippen molar-refractivity contribution in [2.24, 2.45) is 0 Å². The first-order valence-corrected chi connectivity index (χ1v) is 6.22. The molecular weight excluding hydrogens is 248 g/mol. The number of hydrogen-bond acceptors (Lipinski definition) is 4.